The Morgan fingerprint density at radius 1 is 1.38 bits per heavy atom. The van der Waals surface area contributed by atoms with Gasteiger partial charge in [0.05, 0.1) is 22.5 Å². The molecule has 1 N–H and O–H groups in total. The van der Waals surface area contributed by atoms with Gasteiger partial charge in [-0.2, -0.15) is 0 Å². The zero-order valence-electron chi connectivity index (χ0n) is 13.3. The molecule has 1 aromatic carbocycles. The molecule has 0 saturated heterocycles. The van der Waals surface area contributed by atoms with Gasteiger partial charge in [-0.25, -0.2) is 0 Å². The van der Waals surface area contributed by atoms with Crippen molar-refractivity contribution in [2.24, 2.45) is 0 Å². The number of benzene rings is 1. The van der Waals surface area contributed by atoms with Gasteiger partial charge in [-0.1, -0.05) is 23.4 Å². The van der Waals surface area contributed by atoms with Gasteiger partial charge in [0.25, 0.3) is 16.8 Å². The average molecular weight is 395 g/mol. The number of anilines is 1. The Bertz CT molecular complexity index is 971. The van der Waals surface area contributed by atoms with Crippen LogP contribution in [0.2, 0.25) is 5.02 Å². The molecule has 0 radical (unpaired) electrons. The second-order valence-electron chi connectivity index (χ2n) is 5.02. The monoisotopic (exact) mass is 394 g/mol. The summed E-state index contributed by atoms with van der Waals surface area (Å²) < 4.78 is 10.6. The molecule has 3 rings (SSSR count). The first kappa shape index (κ1) is 18.0. The molecule has 2 aromatic heterocycles. The number of amides is 1. The molecule has 0 spiro atoms. The smallest absolute Gasteiger partial charge is 0.294 e. The third kappa shape index (κ3) is 4.03. The van der Waals surface area contributed by atoms with E-state index in [0.29, 0.717) is 11.3 Å². The van der Waals surface area contributed by atoms with Crippen molar-refractivity contribution in [1.29, 1.82) is 0 Å². The number of thioether (sulfide) groups is 1. The molecule has 2 heterocycles. The molecule has 0 unspecified atom stereocenters. The number of aryl methyl sites for hydroxylation is 1. The molecule has 0 aliphatic rings. The molecule has 134 valence electrons. The third-order valence-corrected chi connectivity index (χ3v) is 4.31. The first-order valence-electron chi connectivity index (χ1n) is 7.18. The number of carbonyl (C=O) groups is 1. The maximum Gasteiger partial charge on any atom is 0.294 e. The second kappa shape index (κ2) is 7.58. The minimum absolute atomic E-state index is 0.0604. The Balaban J connectivity index is 1.63. The van der Waals surface area contributed by atoms with Crippen molar-refractivity contribution >= 4 is 40.6 Å². The van der Waals surface area contributed by atoms with E-state index in [1.807, 2.05) is 0 Å². The summed E-state index contributed by atoms with van der Waals surface area (Å²) in [4.78, 5) is 22.5. The number of halogens is 1. The van der Waals surface area contributed by atoms with Crippen LogP contribution >= 0.6 is 23.4 Å². The van der Waals surface area contributed by atoms with Crippen LogP contribution in [0.15, 0.2) is 44.6 Å². The summed E-state index contributed by atoms with van der Waals surface area (Å²) in [7, 11) is 0. The molecule has 1 amide bonds. The molecule has 9 nitrogen and oxygen atoms in total. The van der Waals surface area contributed by atoms with Gasteiger partial charge in [0.2, 0.25) is 5.91 Å². The minimum Gasteiger partial charge on any atom is -0.469 e. The van der Waals surface area contributed by atoms with Crippen LogP contribution in [0.25, 0.3) is 11.5 Å². The molecule has 0 saturated carbocycles. The molecule has 11 heteroatoms. The summed E-state index contributed by atoms with van der Waals surface area (Å²) in [6, 6.07) is 5.69. The van der Waals surface area contributed by atoms with Gasteiger partial charge in [0.15, 0.2) is 0 Å². The molecule has 0 atom stereocenters. The van der Waals surface area contributed by atoms with Crippen molar-refractivity contribution in [3.05, 3.63) is 51.4 Å². The fraction of sp³-hybridized carbons (Fsp3) is 0.133. The highest BCUT2D eigenvalue weighted by Crippen LogP contribution is 2.29. The Morgan fingerprint density at radius 2 is 2.19 bits per heavy atom. The number of carbonyl (C=O) groups excluding carboxylic acids is 1. The Hall–Kier alpha value is -2.85. The highest BCUT2D eigenvalue weighted by molar-refractivity contribution is 7.99. The number of nitrogens with zero attached hydrogens (tertiary/aromatic N) is 3. The molecular formula is C15H11ClN4O5S. The maximum absolute atomic E-state index is 12.0. The van der Waals surface area contributed by atoms with E-state index in [1.54, 1.807) is 13.0 Å². The Morgan fingerprint density at radius 3 is 2.88 bits per heavy atom. The van der Waals surface area contributed by atoms with E-state index < -0.39 is 10.8 Å². The third-order valence-electron chi connectivity index (χ3n) is 3.25. The number of aromatic nitrogens is 2. The number of nitro benzene ring substituents is 1. The van der Waals surface area contributed by atoms with E-state index in [2.05, 4.69) is 15.5 Å². The summed E-state index contributed by atoms with van der Waals surface area (Å²) in [6.45, 7) is 1.76. The van der Waals surface area contributed by atoms with Crippen molar-refractivity contribution in [2.75, 3.05) is 11.1 Å². The van der Waals surface area contributed by atoms with Crippen molar-refractivity contribution in [2.45, 2.75) is 12.1 Å². The highest BCUT2D eigenvalue weighted by Gasteiger charge is 2.18. The van der Waals surface area contributed by atoms with Gasteiger partial charge in [-0.05, 0) is 25.1 Å². The van der Waals surface area contributed by atoms with Crippen LogP contribution in [0.5, 0.6) is 0 Å². The summed E-state index contributed by atoms with van der Waals surface area (Å²) in [5.74, 6) is 0.399. The number of hydrogen-bond acceptors (Lipinski definition) is 8. The minimum atomic E-state index is -0.619. The van der Waals surface area contributed by atoms with Gasteiger partial charge in [-0.3, -0.25) is 14.9 Å². The normalized spacial score (nSPS) is 10.7. The predicted octanol–water partition coefficient (Wildman–Crippen LogP) is 3.93. The zero-order valence-corrected chi connectivity index (χ0v) is 14.8. The SMILES string of the molecule is Cc1occc1-c1nnc(SCC(=O)Nc2ccc(Cl)cc2[N+](=O)[O-])o1. The lowest BCUT2D eigenvalue weighted by atomic mass is 10.2. The van der Waals surface area contributed by atoms with E-state index in [4.69, 9.17) is 20.4 Å². The molecule has 0 aliphatic carbocycles. The highest BCUT2D eigenvalue weighted by atomic mass is 35.5. The van der Waals surface area contributed by atoms with Crippen molar-refractivity contribution in [3.8, 4) is 11.5 Å². The molecule has 26 heavy (non-hydrogen) atoms. The first-order valence-corrected chi connectivity index (χ1v) is 8.55. The first-order chi connectivity index (χ1) is 12.4. The van der Waals surface area contributed by atoms with Crippen LogP contribution in [-0.4, -0.2) is 26.8 Å². The summed E-state index contributed by atoms with van der Waals surface area (Å²) in [5, 5.41) is 21.6. The Labute approximate surface area is 155 Å². The molecule has 0 fully saturated rings. The van der Waals surface area contributed by atoms with Gasteiger partial charge in [-0.15, -0.1) is 10.2 Å². The van der Waals surface area contributed by atoms with Gasteiger partial charge < -0.3 is 14.2 Å². The van der Waals surface area contributed by atoms with Gasteiger partial charge in [0.1, 0.15) is 11.4 Å². The summed E-state index contributed by atoms with van der Waals surface area (Å²) >= 11 is 6.75. The number of nitrogens with one attached hydrogen (secondary N) is 1. The largest absolute Gasteiger partial charge is 0.469 e. The van der Waals surface area contributed by atoms with Crippen LogP contribution in [0.3, 0.4) is 0 Å². The van der Waals surface area contributed by atoms with E-state index in [-0.39, 0.29) is 33.3 Å². The van der Waals surface area contributed by atoms with Crippen LogP contribution < -0.4 is 5.32 Å². The van der Waals surface area contributed by atoms with Crippen molar-refractivity contribution < 1.29 is 18.6 Å². The number of furan rings is 1. The fourth-order valence-corrected chi connectivity index (χ4v) is 2.79. The summed E-state index contributed by atoms with van der Waals surface area (Å²) in [5.41, 5.74) is 0.446. The van der Waals surface area contributed by atoms with E-state index in [0.717, 1.165) is 11.8 Å². The van der Waals surface area contributed by atoms with E-state index >= 15 is 0 Å². The van der Waals surface area contributed by atoms with Crippen LogP contribution in [0.1, 0.15) is 5.76 Å². The topological polar surface area (TPSA) is 124 Å². The van der Waals surface area contributed by atoms with Gasteiger partial charge in [0, 0.05) is 11.1 Å². The zero-order chi connectivity index (χ0) is 18.7. The van der Waals surface area contributed by atoms with E-state index in [1.165, 1.54) is 24.5 Å². The predicted molar refractivity (Wildman–Crippen MR) is 94.2 cm³/mol. The standard InChI is InChI=1S/C15H11ClN4O5S/c1-8-10(4-5-24-8)14-18-19-15(25-14)26-7-13(21)17-11-3-2-9(16)6-12(11)20(22)23/h2-6H,7H2,1H3,(H,17,21). The molecule has 0 bridgehead atoms. The average Bonchev–Trinajstić information content (AvgIpc) is 3.23. The number of rotatable bonds is 6. The maximum atomic E-state index is 12.0. The Kier molecular flexibility index (Phi) is 5.24. The van der Waals surface area contributed by atoms with E-state index in [9.17, 15) is 14.9 Å². The van der Waals surface area contributed by atoms with Crippen LogP contribution in [-0.2, 0) is 4.79 Å². The van der Waals surface area contributed by atoms with Crippen LogP contribution in [0.4, 0.5) is 11.4 Å². The lowest BCUT2D eigenvalue weighted by molar-refractivity contribution is -0.383. The molecular weight excluding hydrogens is 384 g/mol. The summed E-state index contributed by atoms with van der Waals surface area (Å²) in [6.07, 6.45) is 1.51. The van der Waals surface area contributed by atoms with Crippen LogP contribution in [0, 0.1) is 17.0 Å². The van der Waals surface area contributed by atoms with Crippen molar-refractivity contribution in [1.82, 2.24) is 10.2 Å². The quantitative estimate of drug-likeness (QED) is 0.378. The van der Waals surface area contributed by atoms with Gasteiger partial charge >= 0.3 is 0 Å². The second-order valence-corrected chi connectivity index (χ2v) is 6.38. The number of hydrogen-bond donors (Lipinski definition) is 1. The fourth-order valence-electron chi connectivity index (χ4n) is 2.06. The molecule has 0 aliphatic heterocycles. The number of nitro groups is 1. The lowest BCUT2D eigenvalue weighted by Crippen LogP contribution is -2.15. The lowest BCUT2D eigenvalue weighted by Gasteiger charge is -2.05. The van der Waals surface area contributed by atoms with Crippen molar-refractivity contribution in [3.63, 3.8) is 0 Å². The molecule has 3 aromatic rings.